The summed E-state index contributed by atoms with van der Waals surface area (Å²) in [7, 11) is -3.75. The number of pyridine rings is 1. The highest BCUT2D eigenvalue weighted by molar-refractivity contribution is 8.00. The standard InChI is InChI=1S/C19H19N3O3S2/c1-12-11-18(22-17-6-4-3-5-16(12)17)26-13(2)19(23)21-14-7-9-15(10-8-14)27(20,24)25/h3-11,13H,1-2H3,(H,21,23)(H2,20,24,25)/t13-/m0/s1. The Hall–Kier alpha value is -2.42. The lowest BCUT2D eigenvalue weighted by molar-refractivity contribution is -0.115. The lowest BCUT2D eigenvalue weighted by Gasteiger charge is -2.13. The molecule has 0 aliphatic rings. The van der Waals surface area contributed by atoms with E-state index >= 15 is 0 Å². The van der Waals surface area contributed by atoms with Gasteiger partial charge in [-0.25, -0.2) is 18.5 Å². The van der Waals surface area contributed by atoms with E-state index in [9.17, 15) is 13.2 Å². The van der Waals surface area contributed by atoms with Gasteiger partial charge in [0.1, 0.15) is 0 Å². The van der Waals surface area contributed by atoms with Crippen molar-refractivity contribution in [2.45, 2.75) is 29.0 Å². The molecule has 0 saturated heterocycles. The number of hydrogen-bond acceptors (Lipinski definition) is 5. The van der Waals surface area contributed by atoms with Crippen LogP contribution in [0.4, 0.5) is 5.69 Å². The van der Waals surface area contributed by atoms with Gasteiger partial charge in [0.05, 0.1) is 20.7 Å². The fraction of sp³-hybridized carbons (Fsp3) is 0.158. The fourth-order valence-corrected chi connectivity index (χ4v) is 4.02. The van der Waals surface area contributed by atoms with Crippen molar-refractivity contribution in [3.63, 3.8) is 0 Å². The molecule has 27 heavy (non-hydrogen) atoms. The van der Waals surface area contributed by atoms with Crippen LogP contribution in [0.25, 0.3) is 10.9 Å². The zero-order chi connectivity index (χ0) is 19.6. The largest absolute Gasteiger partial charge is 0.325 e. The third-order valence-electron chi connectivity index (χ3n) is 4.02. The van der Waals surface area contributed by atoms with Crippen LogP contribution in [0.2, 0.25) is 0 Å². The molecule has 2 aromatic carbocycles. The van der Waals surface area contributed by atoms with E-state index in [4.69, 9.17) is 5.14 Å². The highest BCUT2D eigenvalue weighted by Gasteiger charge is 2.16. The molecule has 1 heterocycles. The molecule has 3 N–H and O–H groups in total. The van der Waals surface area contributed by atoms with Gasteiger partial charge in [-0.05, 0) is 55.8 Å². The molecule has 0 aliphatic carbocycles. The van der Waals surface area contributed by atoms with Crippen LogP contribution in [0.1, 0.15) is 12.5 Å². The van der Waals surface area contributed by atoms with Crippen LogP contribution >= 0.6 is 11.8 Å². The van der Waals surface area contributed by atoms with E-state index < -0.39 is 10.0 Å². The summed E-state index contributed by atoms with van der Waals surface area (Å²) >= 11 is 1.37. The molecular formula is C19H19N3O3S2. The molecule has 1 atom stereocenters. The van der Waals surface area contributed by atoms with Crippen molar-refractivity contribution >= 4 is 44.3 Å². The number of anilines is 1. The summed E-state index contributed by atoms with van der Waals surface area (Å²) in [4.78, 5) is 17.0. The summed E-state index contributed by atoms with van der Waals surface area (Å²) < 4.78 is 22.6. The van der Waals surface area contributed by atoms with Crippen LogP contribution in [-0.4, -0.2) is 24.6 Å². The van der Waals surface area contributed by atoms with E-state index in [1.54, 1.807) is 6.92 Å². The van der Waals surface area contributed by atoms with Crippen molar-refractivity contribution in [3.05, 3.63) is 60.2 Å². The quantitative estimate of drug-likeness (QED) is 0.639. The molecule has 0 unspecified atom stereocenters. The number of carbonyl (C=O) groups excluding carboxylic acids is 1. The average molecular weight is 402 g/mol. The lowest BCUT2D eigenvalue weighted by Crippen LogP contribution is -2.22. The zero-order valence-electron chi connectivity index (χ0n) is 14.8. The number of primary sulfonamides is 1. The SMILES string of the molecule is Cc1cc(S[C@@H](C)C(=O)Nc2ccc(S(N)(=O)=O)cc2)nc2ccccc12. The van der Waals surface area contributed by atoms with E-state index in [1.165, 1.54) is 36.0 Å². The van der Waals surface area contributed by atoms with Gasteiger partial charge in [-0.15, -0.1) is 0 Å². The summed E-state index contributed by atoms with van der Waals surface area (Å²) in [5.41, 5.74) is 2.50. The molecule has 0 saturated carbocycles. The Labute approximate surface area is 162 Å². The summed E-state index contributed by atoms with van der Waals surface area (Å²) in [5, 5.41) is 9.33. The number of sulfonamides is 1. The number of nitrogens with one attached hydrogen (secondary N) is 1. The maximum atomic E-state index is 12.4. The fourth-order valence-electron chi connectivity index (χ4n) is 2.59. The maximum absolute atomic E-state index is 12.4. The molecule has 8 heteroatoms. The first-order chi connectivity index (χ1) is 12.7. The first-order valence-electron chi connectivity index (χ1n) is 8.21. The average Bonchev–Trinajstić information content (AvgIpc) is 2.61. The Bertz CT molecular complexity index is 1100. The minimum atomic E-state index is -3.75. The number of thioether (sulfide) groups is 1. The molecular weight excluding hydrogens is 382 g/mol. The number of para-hydroxylation sites is 1. The molecule has 1 aromatic heterocycles. The minimum absolute atomic E-state index is 0.00115. The Balaban J connectivity index is 1.71. The summed E-state index contributed by atoms with van der Waals surface area (Å²) in [6.07, 6.45) is 0. The van der Waals surface area contributed by atoms with E-state index in [2.05, 4.69) is 10.3 Å². The number of benzene rings is 2. The van der Waals surface area contributed by atoms with Crippen molar-refractivity contribution in [1.29, 1.82) is 0 Å². The number of nitrogens with two attached hydrogens (primary N) is 1. The highest BCUT2D eigenvalue weighted by Crippen LogP contribution is 2.27. The van der Waals surface area contributed by atoms with E-state index in [0.29, 0.717) is 5.69 Å². The van der Waals surface area contributed by atoms with Gasteiger partial charge in [-0.1, -0.05) is 30.0 Å². The predicted octanol–water partition coefficient (Wildman–Crippen LogP) is 3.31. The molecule has 0 aliphatic heterocycles. The second-order valence-corrected chi connectivity index (χ2v) is 9.04. The second-order valence-electron chi connectivity index (χ2n) is 6.11. The van der Waals surface area contributed by atoms with E-state index in [-0.39, 0.29) is 16.1 Å². The summed E-state index contributed by atoms with van der Waals surface area (Å²) in [6.45, 7) is 3.82. The first kappa shape index (κ1) is 19.3. The summed E-state index contributed by atoms with van der Waals surface area (Å²) in [5.74, 6) is -0.198. The number of fused-ring (bicyclic) bond motifs is 1. The maximum Gasteiger partial charge on any atom is 0.238 e. The monoisotopic (exact) mass is 401 g/mol. The van der Waals surface area contributed by atoms with Gasteiger partial charge < -0.3 is 5.32 Å². The Morgan fingerprint density at radius 2 is 1.81 bits per heavy atom. The minimum Gasteiger partial charge on any atom is -0.325 e. The van der Waals surface area contributed by atoms with E-state index in [0.717, 1.165) is 21.5 Å². The molecule has 0 spiro atoms. The number of aromatic nitrogens is 1. The second kappa shape index (κ2) is 7.67. The Morgan fingerprint density at radius 3 is 2.48 bits per heavy atom. The van der Waals surface area contributed by atoms with Crippen molar-refractivity contribution < 1.29 is 13.2 Å². The Kier molecular flexibility index (Phi) is 5.50. The van der Waals surface area contributed by atoms with Crippen molar-refractivity contribution in [2.24, 2.45) is 5.14 Å². The van der Waals surface area contributed by atoms with E-state index in [1.807, 2.05) is 37.3 Å². The number of hydrogen-bond donors (Lipinski definition) is 2. The first-order valence-corrected chi connectivity index (χ1v) is 10.6. The van der Waals surface area contributed by atoms with Crippen LogP contribution < -0.4 is 10.5 Å². The number of carbonyl (C=O) groups is 1. The number of aryl methyl sites for hydroxylation is 1. The normalized spacial score (nSPS) is 12.7. The Morgan fingerprint density at radius 1 is 1.15 bits per heavy atom. The van der Waals surface area contributed by atoms with Crippen molar-refractivity contribution in [2.75, 3.05) is 5.32 Å². The predicted molar refractivity (Wildman–Crippen MR) is 108 cm³/mol. The van der Waals surface area contributed by atoms with Gasteiger partial charge in [0.2, 0.25) is 15.9 Å². The third kappa shape index (κ3) is 4.65. The number of amides is 1. The number of nitrogens with zero attached hydrogens (tertiary/aromatic N) is 1. The van der Waals surface area contributed by atoms with Crippen LogP contribution in [-0.2, 0) is 14.8 Å². The van der Waals surface area contributed by atoms with Gasteiger partial charge in [-0.3, -0.25) is 4.79 Å². The smallest absolute Gasteiger partial charge is 0.238 e. The van der Waals surface area contributed by atoms with Crippen LogP contribution in [0, 0.1) is 6.92 Å². The molecule has 1 amide bonds. The van der Waals surface area contributed by atoms with Crippen LogP contribution in [0.15, 0.2) is 64.5 Å². The molecule has 0 bridgehead atoms. The summed E-state index contributed by atoms with van der Waals surface area (Å²) in [6, 6.07) is 15.6. The van der Waals surface area contributed by atoms with Crippen LogP contribution in [0.5, 0.6) is 0 Å². The topological polar surface area (TPSA) is 102 Å². The molecule has 3 rings (SSSR count). The van der Waals surface area contributed by atoms with Crippen LogP contribution in [0.3, 0.4) is 0 Å². The molecule has 6 nitrogen and oxygen atoms in total. The molecule has 0 fully saturated rings. The van der Waals surface area contributed by atoms with Gasteiger partial charge in [0.15, 0.2) is 0 Å². The van der Waals surface area contributed by atoms with Crippen molar-refractivity contribution in [3.8, 4) is 0 Å². The third-order valence-corrected chi connectivity index (χ3v) is 5.96. The molecule has 0 radical (unpaired) electrons. The van der Waals surface area contributed by atoms with Gasteiger partial charge in [0, 0.05) is 11.1 Å². The molecule has 140 valence electrons. The molecule has 3 aromatic rings. The van der Waals surface area contributed by atoms with Crippen molar-refractivity contribution in [1.82, 2.24) is 4.98 Å². The van der Waals surface area contributed by atoms with Gasteiger partial charge in [0.25, 0.3) is 0 Å². The zero-order valence-corrected chi connectivity index (χ0v) is 16.5. The lowest BCUT2D eigenvalue weighted by atomic mass is 10.1. The number of rotatable bonds is 5. The van der Waals surface area contributed by atoms with Gasteiger partial charge in [-0.2, -0.15) is 0 Å². The highest BCUT2D eigenvalue weighted by atomic mass is 32.2. The van der Waals surface area contributed by atoms with Gasteiger partial charge >= 0.3 is 0 Å².